The van der Waals surface area contributed by atoms with Gasteiger partial charge in [0.05, 0.1) is 6.04 Å². The summed E-state index contributed by atoms with van der Waals surface area (Å²) in [6, 6.07) is 12.3. The summed E-state index contributed by atoms with van der Waals surface area (Å²) in [5.41, 5.74) is 1.61. The summed E-state index contributed by atoms with van der Waals surface area (Å²) in [4.78, 5) is 0. The van der Waals surface area contributed by atoms with Gasteiger partial charge in [-0.25, -0.2) is 4.39 Å². The first-order chi connectivity index (χ1) is 8.58. The van der Waals surface area contributed by atoms with E-state index < -0.39 is 0 Å². The molecule has 1 N–H and O–H groups in total. The van der Waals surface area contributed by atoms with E-state index in [9.17, 15) is 4.39 Å². The van der Waals surface area contributed by atoms with Crippen LogP contribution in [-0.2, 0) is 0 Å². The molecule has 0 aromatic heterocycles. The molecule has 0 spiro atoms. The number of halogens is 3. The Morgan fingerprint density at radius 2 is 1.94 bits per heavy atom. The summed E-state index contributed by atoms with van der Waals surface area (Å²) in [6.07, 6.45) is 0. The molecule has 2 aromatic rings. The Balaban J connectivity index is 2.21. The predicted octanol–water partition coefficient (Wildman–Crippen LogP) is 5.26. The Morgan fingerprint density at radius 1 is 1.22 bits per heavy atom. The van der Waals surface area contributed by atoms with E-state index >= 15 is 0 Å². The van der Waals surface area contributed by atoms with E-state index in [1.807, 2.05) is 31.2 Å². The van der Waals surface area contributed by atoms with Crippen molar-refractivity contribution < 1.29 is 4.39 Å². The highest BCUT2D eigenvalue weighted by Gasteiger charge is 2.11. The van der Waals surface area contributed by atoms with Crippen LogP contribution < -0.4 is 5.32 Å². The monoisotopic (exact) mass is 375 g/mol. The van der Waals surface area contributed by atoms with Crippen LogP contribution in [0.15, 0.2) is 42.5 Å². The van der Waals surface area contributed by atoms with Crippen molar-refractivity contribution >= 4 is 39.9 Å². The van der Waals surface area contributed by atoms with Gasteiger partial charge in [-0.1, -0.05) is 29.8 Å². The fraction of sp³-hybridized carbons (Fsp3) is 0.143. The van der Waals surface area contributed by atoms with E-state index in [0.29, 0.717) is 10.6 Å². The van der Waals surface area contributed by atoms with Crippen molar-refractivity contribution in [2.45, 2.75) is 13.0 Å². The van der Waals surface area contributed by atoms with E-state index in [0.717, 1.165) is 9.26 Å². The molecule has 0 amide bonds. The van der Waals surface area contributed by atoms with Crippen LogP contribution in [0.2, 0.25) is 5.02 Å². The van der Waals surface area contributed by atoms with Gasteiger partial charge in [0.15, 0.2) is 0 Å². The van der Waals surface area contributed by atoms with Crippen molar-refractivity contribution in [1.82, 2.24) is 0 Å². The number of benzene rings is 2. The highest BCUT2D eigenvalue weighted by Crippen LogP contribution is 2.27. The van der Waals surface area contributed by atoms with E-state index in [-0.39, 0.29) is 11.9 Å². The Labute approximate surface area is 124 Å². The van der Waals surface area contributed by atoms with Crippen molar-refractivity contribution in [2.24, 2.45) is 0 Å². The summed E-state index contributed by atoms with van der Waals surface area (Å²) in [5.74, 6) is -0.193. The van der Waals surface area contributed by atoms with Gasteiger partial charge in [0.25, 0.3) is 0 Å². The summed E-state index contributed by atoms with van der Waals surface area (Å²) in [7, 11) is 0. The molecule has 0 aliphatic rings. The molecule has 0 heterocycles. The molecule has 0 radical (unpaired) electrons. The largest absolute Gasteiger partial charge is 0.378 e. The van der Waals surface area contributed by atoms with Gasteiger partial charge in [-0.3, -0.25) is 0 Å². The van der Waals surface area contributed by atoms with E-state index in [4.69, 9.17) is 11.6 Å². The number of hydrogen-bond acceptors (Lipinski definition) is 1. The molecule has 4 heteroatoms. The van der Waals surface area contributed by atoms with E-state index in [1.165, 1.54) is 6.07 Å². The maximum Gasteiger partial charge on any atom is 0.128 e. The first-order valence-corrected chi connectivity index (χ1v) is 6.99. The molecule has 0 saturated heterocycles. The smallest absolute Gasteiger partial charge is 0.128 e. The Kier molecular flexibility index (Phi) is 4.45. The van der Waals surface area contributed by atoms with Crippen LogP contribution in [0.1, 0.15) is 18.5 Å². The molecule has 2 aromatic carbocycles. The third-order valence-electron chi connectivity index (χ3n) is 2.67. The molecule has 1 nitrogen and oxygen atoms in total. The number of nitrogens with one attached hydrogen (secondary N) is 1. The maximum absolute atomic E-state index is 13.6. The Bertz CT molecular complexity index is 559. The minimum absolute atomic E-state index is 0.0964. The van der Waals surface area contributed by atoms with Crippen LogP contribution in [0.3, 0.4) is 0 Å². The second-order valence-corrected chi connectivity index (χ2v) is 5.61. The van der Waals surface area contributed by atoms with Gasteiger partial charge in [-0.05, 0) is 53.8 Å². The van der Waals surface area contributed by atoms with Crippen molar-refractivity contribution in [2.75, 3.05) is 5.32 Å². The first kappa shape index (κ1) is 13.6. The van der Waals surface area contributed by atoms with Gasteiger partial charge in [-0.15, -0.1) is 0 Å². The molecule has 2 rings (SSSR count). The topological polar surface area (TPSA) is 12.0 Å². The number of rotatable bonds is 3. The quantitative estimate of drug-likeness (QED) is 0.722. The zero-order chi connectivity index (χ0) is 13.1. The summed E-state index contributed by atoms with van der Waals surface area (Å²) < 4.78 is 14.7. The van der Waals surface area contributed by atoms with Crippen LogP contribution >= 0.6 is 34.2 Å². The maximum atomic E-state index is 13.6. The second kappa shape index (κ2) is 5.89. The van der Waals surface area contributed by atoms with Crippen molar-refractivity contribution in [3.8, 4) is 0 Å². The average Bonchev–Trinajstić information content (AvgIpc) is 2.33. The fourth-order valence-corrected chi connectivity index (χ4v) is 2.77. The fourth-order valence-electron chi connectivity index (χ4n) is 1.74. The molecule has 18 heavy (non-hydrogen) atoms. The third kappa shape index (κ3) is 3.14. The minimum atomic E-state index is -0.193. The molecule has 0 aliphatic carbocycles. The molecule has 0 fully saturated rings. The standard InChI is InChI=1S/C14H12ClFIN/c1-9(11-4-2-3-5-12(11)16)18-14-7-6-10(15)8-13(14)17/h2-9,18H,1H3. The number of hydrogen-bond donors (Lipinski definition) is 1. The van der Waals surface area contributed by atoms with E-state index in [1.54, 1.807) is 12.1 Å². The lowest BCUT2D eigenvalue weighted by Crippen LogP contribution is -2.09. The lowest BCUT2D eigenvalue weighted by atomic mass is 10.1. The third-order valence-corrected chi connectivity index (χ3v) is 3.80. The summed E-state index contributed by atoms with van der Waals surface area (Å²) in [6.45, 7) is 1.93. The highest BCUT2D eigenvalue weighted by atomic mass is 127. The molecular formula is C14H12ClFIN. The Morgan fingerprint density at radius 3 is 2.61 bits per heavy atom. The predicted molar refractivity (Wildman–Crippen MR) is 82.6 cm³/mol. The SMILES string of the molecule is CC(Nc1ccc(Cl)cc1I)c1ccccc1F. The minimum Gasteiger partial charge on any atom is -0.378 e. The summed E-state index contributed by atoms with van der Waals surface area (Å²) in [5, 5.41) is 3.99. The van der Waals surface area contributed by atoms with Crippen LogP contribution in [0, 0.1) is 9.39 Å². The number of anilines is 1. The molecule has 94 valence electrons. The second-order valence-electron chi connectivity index (χ2n) is 4.01. The molecular weight excluding hydrogens is 364 g/mol. The molecule has 1 atom stereocenters. The molecule has 0 bridgehead atoms. The van der Waals surface area contributed by atoms with Crippen molar-refractivity contribution in [3.63, 3.8) is 0 Å². The van der Waals surface area contributed by atoms with Gasteiger partial charge in [0.2, 0.25) is 0 Å². The lowest BCUT2D eigenvalue weighted by molar-refractivity contribution is 0.600. The van der Waals surface area contributed by atoms with Gasteiger partial charge < -0.3 is 5.32 Å². The van der Waals surface area contributed by atoms with Gasteiger partial charge >= 0.3 is 0 Å². The zero-order valence-corrected chi connectivity index (χ0v) is 12.7. The van der Waals surface area contributed by atoms with Crippen LogP contribution in [0.25, 0.3) is 0 Å². The highest BCUT2D eigenvalue weighted by molar-refractivity contribution is 14.1. The Hall–Kier alpha value is -0.810. The van der Waals surface area contributed by atoms with Crippen molar-refractivity contribution in [1.29, 1.82) is 0 Å². The molecule has 0 saturated carbocycles. The first-order valence-electron chi connectivity index (χ1n) is 5.54. The molecule has 0 aliphatic heterocycles. The van der Waals surface area contributed by atoms with Crippen LogP contribution in [0.4, 0.5) is 10.1 Å². The van der Waals surface area contributed by atoms with Crippen molar-refractivity contribution in [3.05, 3.63) is 62.4 Å². The average molecular weight is 376 g/mol. The normalized spacial score (nSPS) is 12.2. The molecule has 1 unspecified atom stereocenters. The van der Waals surface area contributed by atoms with Gasteiger partial charge in [0.1, 0.15) is 5.82 Å². The summed E-state index contributed by atoms with van der Waals surface area (Å²) >= 11 is 8.11. The van der Waals surface area contributed by atoms with Crippen LogP contribution in [-0.4, -0.2) is 0 Å². The van der Waals surface area contributed by atoms with Gasteiger partial charge in [0, 0.05) is 19.8 Å². The zero-order valence-electron chi connectivity index (χ0n) is 9.75. The lowest BCUT2D eigenvalue weighted by Gasteiger charge is -2.17. The van der Waals surface area contributed by atoms with Gasteiger partial charge in [-0.2, -0.15) is 0 Å². The van der Waals surface area contributed by atoms with Crippen LogP contribution in [0.5, 0.6) is 0 Å². The van der Waals surface area contributed by atoms with E-state index in [2.05, 4.69) is 27.9 Å².